The maximum atomic E-state index is 16.2. The number of hydrogen-bond acceptors (Lipinski definition) is 14. The Kier molecular flexibility index (Phi) is 17.3. The van der Waals surface area contributed by atoms with E-state index in [1.165, 1.54) is 36.7 Å². The van der Waals surface area contributed by atoms with Crippen LogP contribution in [0.4, 0.5) is 21.0 Å². The minimum Gasteiger partial charge on any atom is -0.367 e. The van der Waals surface area contributed by atoms with Gasteiger partial charge in [0.2, 0.25) is 17.7 Å². The van der Waals surface area contributed by atoms with Crippen molar-refractivity contribution in [2.75, 3.05) is 41.3 Å². The molecule has 87 heavy (non-hydrogen) atoms. The molecule has 0 bridgehead atoms. The summed E-state index contributed by atoms with van der Waals surface area (Å²) in [6.45, 7) is 12.7. The number of halogens is 1. The molecule has 1 aliphatic carbocycles. The predicted molar refractivity (Wildman–Crippen MR) is 341 cm³/mol. The number of aromatic nitrogens is 5. The van der Waals surface area contributed by atoms with Gasteiger partial charge in [-0.05, 0) is 140 Å². The highest BCUT2D eigenvalue weighted by Gasteiger charge is 2.44. The van der Waals surface area contributed by atoms with Crippen LogP contribution in [-0.4, -0.2) is 97.4 Å². The largest absolute Gasteiger partial charge is 0.367 e. The number of hydrogen-bond donors (Lipinski definition) is 4. The van der Waals surface area contributed by atoms with E-state index >= 15 is 4.39 Å². The third-order valence-electron chi connectivity index (χ3n) is 17.4. The molecule has 17 nitrogen and oxygen atoms in total. The first-order valence-corrected chi connectivity index (χ1v) is 32.5. The molecule has 5 amide bonds. The smallest absolute Gasteiger partial charge is 0.280 e. The number of pyridine rings is 1. The van der Waals surface area contributed by atoms with Gasteiger partial charge < -0.3 is 25.3 Å². The topological polar surface area (TPSA) is 200 Å². The van der Waals surface area contributed by atoms with E-state index in [0.717, 1.165) is 85.6 Å². The first-order valence-electron chi connectivity index (χ1n) is 30.0. The maximum absolute atomic E-state index is 16.2. The number of rotatable bonds is 17. The summed E-state index contributed by atoms with van der Waals surface area (Å²) in [5, 5.41) is 14.4. The quantitative estimate of drug-likeness (QED) is 0.0630. The molecule has 12 rings (SSSR count). The number of benzene rings is 4. The summed E-state index contributed by atoms with van der Waals surface area (Å²) < 4.78 is 22.1. The van der Waals surface area contributed by atoms with Crippen molar-refractivity contribution < 1.29 is 28.4 Å². The van der Waals surface area contributed by atoms with Gasteiger partial charge >= 0.3 is 0 Å². The monoisotopic (exact) mass is 1230 g/mol. The molecule has 0 radical (unpaired) electrons. The second-order valence-electron chi connectivity index (χ2n) is 24.4. The summed E-state index contributed by atoms with van der Waals surface area (Å²) in [6.07, 6.45) is 9.67. The number of nitrogens with one attached hydrogen (secondary N) is 4. The second kappa shape index (κ2) is 25.4. The van der Waals surface area contributed by atoms with E-state index in [1.54, 1.807) is 33.3 Å². The average molecular weight is 1230 g/mol. The zero-order chi connectivity index (χ0) is 60.5. The summed E-state index contributed by atoms with van der Waals surface area (Å²) in [6, 6.07) is 28.6. The normalized spacial score (nSPS) is 16.8. The van der Waals surface area contributed by atoms with Crippen LogP contribution in [0, 0.1) is 36.9 Å². The number of likely N-dealkylation sites (tertiary alicyclic amines) is 1. The zero-order valence-corrected chi connectivity index (χ0v) is 52.0. The lowest BCUT2D eigenvalue weighted by atomic mass is 9.84. The van der Waals surface area contributed by atoms with Gasteiger partial charge in [-0.2, -0.15) is 5.10 Å². The molecule has 3 aliphatic heterocycles. The number of amides is 5. The number of fused-ring (bicyclic) bond motifs is 2. The Balaban J connectivity index is 0.692. The minimum atomic E-state index is -0.896. The third-order valence-corrected chi connectivity index (χ3v) is 20.1. The maximum Gasteiger partial charge on any atom is 0.280 e. The van der Waals surface area contributed by atoms with Crippen LogP contribution in [0.3, 0.4) is 0 Å². The van der Waals surface area contributed by atoms with Crippen LogP contribution in [0.15, 0.2) is 114 Å². The first kappa shape index (κ1) is 59.3. The van der Waals surface area contributed by atoms with Crippen molar-refractivity contribution in [3.8, 4) is 21.6 Å². The lowest BCUT2D eigenvalue weighted by Gasteiger charge is -2.42. The van der Waals surface area contributed by atoms with Crippen molar-refractivity contribution in [1.82, 2.24) is 45.0 Å². The highest BCUT2D eigenvalue weighted by molar-refractivity contribution is 7.98. The van der Waals surface area contributed by atoms with Crippen molar-refractivity contribution in [2.24, 2.45) is 17.3 Å². The number of thiazole rings is 2. The molecule has 2 atom stereocenters. The van der Waals surface area contributed by atoms with Gasteiger partial charge in [0.25, 0.3) is 11.8 Å². The molecule has 450 valence electrons. The molecule has 2 unspecified atom stereocenters. The molecular formula is C66H71FN12O5S3. The van der Waals surface area contributed by atoms with Gasteiger partial charge in [-0.3, -0.25) is 38.7 Å². The highest BCUT2D eigenvalue weighted by Crippen LogP contribution is 2.37. The molecule has 0 spiro atoms. The van der Waals surface area contributed by atoms with Crippen LogP contribution in [0.1, 0.15) is 115 Å². The molecule has 4 aromatic heterocycles. The van der Waals surface area contributed by atoms with Crippen molar-refractivity contribution in [1.29, 1.82) is 0 Å². The summed E-state index contributed by atoms with van der Waals surface area (Å²) in [4.78, 5) is 91.6. The Morgan fingerprint density at radius 3 is 2.38 bits per heavy atom. The van der Waals surface area contributed by atoms with Crippen LogP contribution in [0.25, 0.3) is 31.8 Å². The lowest BCUT2D eigenvalue weighted by molar-refractivity contribution is -0.144. The number of aryl methyl sites for hydroxylation is 1. The molecule has 2 saturated heterocycles. The number of carbonyl (C=O) groups is 5. The fourth-order valence-corrected chi connectivity index (χ4v) is 14.7. The van der Waals surface area contributed by atoms with Gasteiger partial charge in [-0.1, -0.05) is 99.9 Å². The van der Waals surface area contributed by atoms with Crippen LogP contribution >= 0.6 is 34.6 Å². The minimum absolute atomic E-state index is 0.187. The van der Waals surface area contributed by atoms with Gasteiger partial charge in [0.1, 0.15) is 29.4 Å². The summed E-state index contributed by atoms with van der Waals surface area (Å²) in [5.41, 5.74) is 10.3. The van der Waals surface area contributed by atoms with Crippen LogP contribution in [0.5, 0.6) is 0 Å². The lowest BCUT2D eigenvalue weighted by Crippen LogP contribution is -2.61. The van der Waals surface area contributed by atoms with E-state index in [4.69, 9.17) is 10.1 Å². The standard InChI is InChI=1S/C66H71FN12O5S3/c1-39-58(85-38-69-39)44-22-20-41(21-23-44)32-68-62(82)54-18-12-29-78(54)64(84)59(66(3,4)5)73-60(80)45-35-77(36-45)53-26-24-46(31-51(53)67)87-75-63(83)57-47(49-33-70-79(40(49)2)34-42-13-7-6-8-14-42)25-27-56(72-57)76-30-28-43-15-11-16-48(50(43)37-76)61(81)74-65-71-52-17-9-10-19-55(52)86-65/h9-11,15-17,19-27,31,33,38,42,45,54,59H,6-8,12-14,18,28-30,32,34-37H2,1-5H3,(H,68,82)(H,73,80)(H,75,83)(H,71,74,81). The first-order chi connectivity index (χ1) is 42.0. The van der Waals surface area contributed by atoms with E-state index in [1.807, 2.05) is 130 Å². The van der Waals surface area contributed by atoms with Gasteiger partial charge in [-0.15, -0.1) is 11.3 Å². The third kappa shape index (κ3) is 12.9. The van der Waals surface area contributed by atoms with Crippen LogP contribution < -0.4 is 30.5 Å². The molecule has 4 N–H and O–H groups in total. The Labute approximate surface area is 518 Å². The van der Waals surface area contributed by atoms with Crippen LogP contribution in [-0.2, 0) is 40.4 Å². The fraction of sp³-hybridized carbons (Fsp3) is 0.379. The van der Waals surface area contributed by atoms with Gasteiger partial charge in [-0.25, -0.2) is 19.3 Å². The van der Waals surface area contributed by atoms with Gasteiger partial charge in [0.15, 0.2) is 5.13 Å². The Hall–Kier alpha value is -8.01. The van der Waals surface area contributed by atoms with E-state index < -0.39 is 35.1 Å². The summed E-state index contributed by atoms with van der Waals surface area (Å²) in [7, 11) is 0. The Morgan fingerprint density at radius 2 is 1.62 bits per heavy atom. The van der Waals surface area contributed by atoms with E-state index in [-0.39, 0.29) is 42.4 Å². The van der Waals surface area contributed by atoms with Crippen molar-refractivity contribution in [2.45, 2.75) is 123 Å². The average Bonchev–Trinajstić information content (AvgIpc) is 4.36. The zero-order valence-electron chi connectivity index (χ0n) is 49.5. The summed E-state index contributed by atoms with van der Waals surface area (Å²) >= 11 is 3.99. The van der Waals surface area contributed by atoms with Crippen molar-refractivity contribution >= 4 is 91.0 Å². The number of carbonyl (C=O) groups excluding carboxylic acids is 5. The predicted octanol–water partition coefficient (Wildman–Crippen LogP) is 11.5. The van der Waals surface area contributed by atoms with Gasteiger partial charge in [0.05, 0.1) is 44.1 Å². The van der Waals surface area contributed by atoms with E-state index in [2.05, 4.69) is 35.5 Å². The molecule has 21 heteroatoms. The molecule has 8 aromatic rings. The molecule has 4 aromatic carbocycles. The molecule has 3 fully saturated rings. The Bertz CT molecular complexity index is 3870. The molecular weight excluding hydrogens is 1160 g/mol. The Morgan fingerprint density at radius 1 is 0.816 bits per heavy atom. The van der Waals surface area contributed by atoms with Crippen LogP contribution in [0.2, 0.25) is 0 Å². The molecule has 1 saturated carbocycles. The summed E-state index contributed by atoms with van der Waals surface area (Å²) in [5.74, 6) is -1.47. The number of para-hydroxylation sites is 1. The second-order valence-corrected chi connectivity index (χ2v) is 27.1. The number of nitrogens with zero attached hydrogens (tertiary/aromatic N) is 8. The van der Waals surface area contributed by atoms with Gasteiger partial charge in [0, 0.05) is 73.1 Å². The van der Waals surface area contributed by atoms with Crippen molar-refractivity contribution in [3.05, 3.63) is 154 Å². The molecule has 4 aliphatic rings. The fourth-order valence-electron chi connectivity index (χ4n) is 12.4. The van der Waals surface area contributed by atoms with Crippen molar-refractivity contribution in [3.63, 3.8) is 0 Å². The van der Waals surface area contributed by atoms with E-state index in [0.29, 0.717) is 84.0 Å². The van der Waals surface area contributed by atoms with E-state index in [9.17, 15) is 24.0 Å². The highest BCUT2D eigenvalue weighted by atomic mass is 32.2. The number of anilines is 3. The SMILES string of the molecule is Cc1ncsc1-c1ccc(CNC(=O)C2CCCN2C(=O)C(NC(=O)C2CN(c3ccc(SNC(=O)c4nc(N5CCc6cccc(C(=O)Nc7nc8ccccc8s7)c6C5)ccc4-c4cnn(CC5CCCCC5)c4C)cc3F)C2)C(C)(C)C)cc1. The molecule has 7 heterocycles.